The first-order valence-electron chi connectivity index (χ1n) is 8.93. The van der Waals surface area contributed by atoms with Crippen LogP contribution >= 0.6 is 0 Å². The number of ether oxygens (including phenoxy) is 5. The Morgan fingerprint density at radius 2 is 1.29 bits per heavy atom. The van der Waals surface area contributed by atoms with Crippen LogP contribution in [0, 0.1) is 0 Å². The molecule has 3 aromatic rings. The minimum Gasteiger partial charge on any atom is -0.493 e. The Hall–Kier alpha value is -3.15. The fourth-order valence-corrected chi connectivity index (χ4v) is 3.30. The van der Waals surface area contributed by atoms with E-state index in [-0.39, 0.29) is 0 Å². The van der Waals surface area contributed by atoms with Gasteiger partial charge in [-0.15, -0.1) is 0 Å². The average Bonchev–Trinajstić information content (AvgIpc) is 2.75. The molecule has 0 fully saturated rings. The number of methoxy groups -OCH3 is 5. The lowest BCUT2D eigenvalue weighted by Gasteiger charge is -2.14. The van der Waals surface area contributed by atoms with Crippen molar-refractivity contribution in [3.63, 3.8) is 0 Å². The van der Waals surface area contributed by atoms with Gasteiger partial charge in [0.15, 0.2) is 23.0 Å². The smallest absolute Gasteiger partial charge is 0.203 e. The summed E-state index contributed by atoms with van der Waals surface area (Å²) in [6.07, 6.45) is 3.35. The molecule has 0 unspecified atom stereocenters. The summed E-state index contributed by atoms with van der Waals surface area (Å²) in [5.74, 6) is 3.28. The molecular weight excluding hydrogens is 358 g/mol. The molecule has 0 N–H and O–H groups in total. The van der Waals surface area contributed by atoms with Crippen LogP contribution in [0.25, 0.3) is 10.8 Å². The van der Waals surface area contributed by atoms with Crippen molar-refractivity contribution in [1.29, 1.82) is 0 Å². The molecule has 0 amide bonds. The third-order valence-corrected chi connectivity index (χ3v) is 4.73. The first kappa shape index (κ1) is 19.6. The second-order valence-electron chi connectivity index (χ2n) is 6.22. The molecule has 28 heavy (non-hydrogen) atoms. The third kappa shape index (κ3) is 3.76. The van der Waals surface area contributed by atoms with Gasteiger partial charge in [0.2, 0.25) is 5.75 Å². The maximum Gasteiger partial charge on any atom is 0.203 e. The highest BCUT2D eigenvalue weighted by Crippen LogP contribution is 2.39. The molecule has 1 heterocycles. The molecule has 0 aliphatic rings. The van der Waals surface area contributed by atoms with Crippen molar-refractivity contribution in [1.82, 2.24) is 4.98 Å². The van der Waals surface area contributed by atoms with Gasteiger partial charge in [0.1, 0.15) is 0 Å². The van der Waals surface area contributed by atoms with Crippen LogP contribution in [0.5, 0.6) is 28.7 Å². The highest BCUT2D eigenvalue weighted by atomic mass is 16.5. The molecule has 0 radical (unpaired) electrons. The maximum atomic E-state index is 5.45. The first-order chi connectivity index (χ1) is 13.6. The lowest BCUT2D eigenvalue weighted by Crippen LogP contribution is -2.00. The van der Waals surface area contributed by atoms with Crippen molar-refractivity contribution in [3.8, 4) is 28.7 Å². The van der Waals surface area contributed by atoms with Crippen molar-refractivity contribution in [2.75, 3.05) is 35.5 Å². The largest absolute Gasteiger partial charge is 0.493 e. The third-order valence-electron chi connectivity index (χ3n) is 4.73. The van der Waals surface area contributed by atoms with E-state index in [9.17, 15) is 0 Å². The quantitative estimate of drug-likeness (QED) is 0.585. The number of fused-ring (bicyclic) bond motifs is 1. The summed E-state index contributed by atoms with van der Waals surface area (Å²) in [5.41, 5.74) is 2.07. The maximum absolute atomic E-state index is 5.45. The normalized spacial score (nSPS) is 10.6. The van der Waals surface area contributed by atoms with Crippen LogP contribution in [0.4, 0.5) is 0 Å². The Morgan fingerprint density at radius 1 is 0.679 bits per heavy atom. The SMILES string of the molecule is COc1cc2ccnc(CCc3cc(OC)c(OC)c(OC)c3)c2cc1OC. The minimum absolute atomic E-state index is 0.592. The summed E-state index contributed by atoms with van der Waals surface area (Å²) in [6, 6.07) is 9.86. The molecule has 0 aliphatic heterocycles. The number of hydrogen-bond acceptors (Lipinski definition) is 6. The summed E-state index contributed by atoms with van der Waals surface area (Å²) in [7, 11) is 8.10. The van der Waals surface area contributed by atoms with E-state index >= 15 is 0 Å². The average molecular weight is 383 g/mol. The van der Waals surface area contributed by atoms with Crippen LogP contribution in [0.1, 0.15) is 11.3 Å². The molecule has 0 saturated heterocycles. The molecule has 0 atom stereocenters. The van der Waals surface area contributed by atoms with E-state index in [0.29, 0.717) is 28.7 Å². The number of nitrogens with zero attached hydrogens (tertiary/aromatic N) is 1. The van der Waals surface area contributed by atoms with E-state index in [2.05, 4.69) is 4.98 Å². The number of aryl methyl sites for hydroxylation is 2. The molecule has 1 aromatic heterocycles. The molecule has 148 valence electrons. The Balaban J connectivity index is 1.93. The van der Waals surface area contributed by atoms with E-state index in [1.807, 2.05) is 36.5 Å². The van der Waals surface area contributed by atoms with Gasteiger partial charge in [-0.25, -0.2) is 0 Å². The standard InChI is InChI=1S/C22H25NO5/c1-24-18-12-15-8-9-23-17(16(15)13-19(18)25-2)7-6-14-10-20(26-3)22(28-5)21(11-14)27-4/h8-13H,6-7H2,1-5H3. The van der Waals surface area contributed by atoms with Crippen molar-refractivity contribution in [3.05, 3.63) is 47.8 Å². The van der Waals surface area contributed by atoms with Crippen molar-refractivity contribution in [2.45, 2.75) is 12.8 Å². The Labute approximate surface area is 165 Å². The molecule has 0 aliphatic carbocycles. The Bertz CT molecular complexity index is 946. The molecule has 0 spiro atoms. The van der Waals surface area contributed by atoms with Crippen LogP contribution in [0.2, 0.25) is 0 Å². The summed E-state index contributed by atoms with van der Waals surface area (Å²) in [5, 5.41) is 2.11. The minimum atomic E-state index is 0.592. The second-order valence-corrected chi connectivity index (χ2v) is 6.22. The molecule has 3 rings (SSSR count). The van der Waals surface area contributed by atoms with Crippen molar-refractivity contribution in [2.24, 2.45) is 0 Å². The molecule has 0 saturated carbocycles. The van der Waals surface area contributed by atoms with Crippen LogP contribution in [-0.4, -0.2) is 40.5 Å². The van der Waals surface area contributed by atoms with Crippen LogP contribution in [0.15, 0.2) is 36.5 Å². The number of pyridine rings is 1. The summed E-state index contributed by atoms with van der Waals surface area (Å²) >= 11 is 0. The van der Waals surface area contributed by atoms with E-state index in [0.717, 1.165) is 34.9 Å². The lowest BCUT2D eigenvalue weighted by molar-refractivity contribution is 0.324. The van der Waals surface area contributed by atoms with E-state index in [4.69, 9.17) is 23.7 Å². The summed E-state index contributed by atoms with van der Waals surface area (Å²) < 4.78 is 27.1. The number of benzene rings is 2. The molecular formula is C22H25NO5. The Kier molecular flexibility index (Phi) is 6.09. The van der Waals surface area contributed by atoms with Crippen molar-refractivity contribution < 1.29 is 23.7 Å². The van der Waals surface area contributed by atoms with Gasteiger partial charge in [-0.1, -0.05) is 0 Å². The summed E-state index contributed by atoms with van der Waals surface area (Å²) in [4.78, 5) is 4.59. The van der Waals surface area contributed by atoms with Gasteiger partial charge >= 0.3 is 0 Å². The number of hydrogen-bond donors (Lipinski definition) is 0. The zero-order valence-corrected chi connectivity index (χ0v) is 16.9. The zero-order valence-electron chi connectivity index (χ0n) is 16.9. The highest BCUT2D eigenvalue weighted by molar-refractivity contribution is 5.87. The van der Waals surface area contributed by atoms with Gasteiger partial charge in [-0.3, -0.25) is 4.98 Å². The van der Waals surface area contributed by atoms with Gasteiger partial charge in [0.05, 0.1) is 35.5 Å². The highest BCUT2D eigenvalue weighted by Gasteiger charge is 2.14. The monoisotopic (exact) mass is 383 g/mol. The van der Waals surface area contributed by atoms with E-state index in [1.54, 1.807) is 35.5 Å². The Morgan fingerprint density at radius 3 is 1.86 bits per heavy atom. The van der Waals surface area contributed by atoms with Gasteiger partial charge in [-0.05, 0) is 54.1 Å². The van der Waals surface area contributed by atoms with Crippen molar-refractivity contribution >= 4 is 10.8 Å². The van der Waals surface area contributed by atoms with Crippen LogP contribution in [-0.2, 0) is 12.8 Å². The van der Waals surface area contributed by atoms with Gasteiger partial charge < -0.3 is 23.7 Å². The van der Waals surface area contributed by atoms with Gasteiger partial charge in [0, 0.05) is 17.3 Å². The van der Waals surface area contributed by atoms with Crippen LogP contribution < -0.4 is 23.7 Å². The summed E-state index contributed by atoms with van der Waals surface area (Å²) in [6.45, 7) is 0. The van der Waals surface area contributed by atoms with E-state index < -0.39 is 0 Å². The fourth-order valence-electron chi connectivity index (χ4n) is 3.30. The lowest BCUT2D eigenvalue weighted by atomic mass is 10.0. The van der Waals surface area contributed by atoms with Gasteiger partial charge in [0.25, 0.3) is 0 Å². The number of rotatable bonds is 8. The number of aromatic nitrogens is 1. The molecule has 0 bridgehead atoms. The first-order valence-corrected chi connectivity index (χ1v) is 8.93. The fraction of sp³-hybridized carbons (Fsp3) is 0.318. The predicted molar refractivity (Wildman–Crippen MR) is 108 cm³/mol. The topological polar surface area (TPSA) is 59.0 Å². The second kappa shape index (κ2) is 8.69. The molecule has 6 heteroatoms. The zero-order chi connectivity index (χ0) is 20.1. The van der Waals surface area contributed by atoms with E-state index in [1.165, 1.54) is 0 Å². The van der Waals surface area contributed by atoms with Crippen LogP contribution in [0.3, 0.4) is 0 Å². The van der Waals surface area contributed by atoms with Gasteiger partial charge in [-0.2, -0.15) is 0 Å². The predicted octanol–water partition coefficient (Wildman–Crippen LogP) is 4.06. The molecule has 2 aromatic carbocycles. The molecule has 6 nitrogen and oxygen atoms in total.